The van der Waals surface area contributed by atoms with Crippen molar-refractivity contribution < 1.29 is 14.7 Å². The van der Waals surface area contributed by atoms with Crippen LogP contribution in [0.4, 0.5) is 0 Å². The molecule has 0 bridgehead atoms. The van der Waals surface area contributed by atoms with Gasteiger partial charge in [-0.1, -0.05) is 11.6 Å². The molecule has 2 aromatic rings. The van der Waals surface area contributed by atoms with Crippen molar-refractivity contribution in [1.29, 1.82) is 0 Å². The summed E-state index contributed by atoms with van der Waals surface area (Å²) < 4.78 is 0. The minimum absolute atomic E-state index is 0.161. The fraction of sp³-hybridized carbons (Fsp3) is 0.231. The number of rotatable bonds is 2. The van der Waals surface area contributed by atoms with E-state index in [0.29, 0.717) is 10.7 Å². The summed E-state index contributed by atoms with van der Waals surface area (Å²) in [6, 6.07) is 2.07. The molecule has 8 heteroatoms. The van der Waals surface area contributed by atoms with Gasteiger partial charge >= 0.3 is 5.97 Å². The summed E-state index contributed by atoms with van der Waals surface area (Å²) in [5.74, 6) is -1.51. The molecule has 1 unspecified atom stereocenters. The van der Waals surface area contributed by atoms with E-state index in [4.69, 9.17) is 11.6 Å². The second-order valence-corrected chi connectivity index (χ2v) is 5.12. The van der Waals surface area contributed by atoms with Crippen molar-refractivity contribution in [1.82, 2.24) is 19.9 Å². The molecule has 0 aliphatic carbocycles. The van der Waals surface area contributed by atoms with Crippen LogP contribution in [0.2, 0.25) is 5.02 Å². The number of fused-ring (bicyclic) bond motifs is 1. The molecule has 108 valence electrons. The standard InChI is InChI=1S/C13H11ClN4O3/c14-7-1-2-8(15-4-7)12(19)18-5-10-9(16-6-17-10)3-11(18)13(20)21/h1-2,4,6,11H,3,5H2,(H,16,17)(H,20,21). The number of carbonyl (C=O) groups excluding carboxylic acids is 1. The fourth-order valence-corrected chi connectivity index (χ4v) is 2.43. The van der Waals surface area contributed by atoms with Crippen LogP contribution in [0.1, 0.15) is 21.9 Å². The van der Waals surface area contributed by atoms with Gasteiger partial charge in [0.15, 0.2) is 0 Å². The van der Waals surface area contributed by atoms with E-state index < -0.39 is 17.9 Å². The Bertz CT molecular complexity index is 698. The Balaban J connectivity index is 1.93. The number of nitrogens with zero attached hydrogens (tertiary/aromatic N) is 3. The lowest BCUT2D eigenvalue weighted by atomic mass is 10.0. The molecule has 0 saturated heterocycles. The Morgan fingerprint density at radius 3 is 2.86 bits per heavy atom. The summed E-state index contributed by atoms with van der Waals surface area (Å²) in [7, 11) is 0. The highest BCUT2D eigenvalue weighted by Gasteiger charge is 2.36. The number of carbonyl (C=O) groups is 2. The summed E-state index contributed by atoms with van der Waals surface area (Å²) in [5.41, 5.74) is 1.58. The average molecular weight is 307 g/mol. The molecule has 3 heterocycles. The number of carboxylic acid groups (broad SMARTS) is 1. The van der Waals surface area contributed by atoms with Crippen LogP contribution in [0, 0.1) is 0 Å². The third-order valence-corrected chi connectivity index (χ3v) is 3.61. The summed E-state index contributed by atoms with van der Waals surface area (Å²) in [6.45, 7) is 0.162. The fourth-order valence-electron chi connectivity index (χ4n) is 2.32. The molecule has 0 saturated carbocycles. The van der Waals surface area contributed by atoms with Gasteiger partial charge in [0.1, 0.15) is 11.7 Å². The van der Waals surface area contributed by atoms with Gasteiger partial charge in [-0.3, -0.25) is 4.79 Å². The van der Waals surface area contributed by atoms with Gasteiger partial charge in [-0.15, -0.1) is 0 Å². The number of imidazole rings is 1. The van der Waals surface area contributed by atoms with Crippen LogP contribution in [0.5, 0.6) is 0 Å². The zero-order valence-electron chi connectivity index (χ0n) is 10.8. The number of halogens is 1. The van der Waals surface area contributed by atoms with Gasteiger partial charge in [0.25, 0.3) is 5.91 Å². The topological polar surface area (TPSA) is 99.2 Å². The molecular formula is C13H11ClN4O3. The Morgan fingerprint density at radius 1 is 1.38 bits per heavy atom. The van der Waals surface area contributed by atoms with Crippen molar-refractivity contribution in [2.75, 3.05) is 0 Å². The maximum Gasteiger partial charge on any atom is 0.326 e. The molecule has 3 rings (SSSR count). The lowest BCUT2D eigenvalue weighted by molar-refractivity contribution is -0.142. The predicted molar refractivity (Wildman–Crippen MR) is 72.8 cm³/mol. The molecule has 1 aliphatic rings. The quantitative estimate of drug-likeness (QED) is 0.866. The summed E-state index contributed by atoms with van der Waals surface area (Å²) >= 11 is 5.74. The lowest BCUT2D eigenvalue weighted by Crippen LogP contribution is -2.48. The largest absolute Gasteiger partial charge is 0.480 e. The van der Waals surface area contributed by atoms with Crippen molar-refractivity contribution in [2.24, 2.45) is 0 Å². The summed E-state index contributed by atoms with van der Waals surface area (Å²) in [6.07, 6.45) is 3.03. The number of aliphatic carboxylic acids is 1. The number of nitrogens with one attached hydrogen (secondary N) is 1. The van der Waals surface area contributed by atoms with Crippen LogP contribution in [-0.4, -0.2) is 42.9 Å². The van der Waals surface area contributed by atoms with E-state index in [2.05, 4.69) is 15.0 Å². The number of aromatic amines is 1. The SMILES string of the molecule is O=C(O)C1Cc2nc[nH]c2CN1C(=O)c1ccc(Cl)cn1. The normalized spacial score (nSPS) is 17.4. The van der Waals surface area contributed by atoms with Crippen molar-refractivity contribution in [3.05, 3.63) is 46.8 Å². The number of hydrogen-bond donors (Lipinski definition) is 2. The van der Waals surface area contributed by atoms with Crippen LogP contribution in [0.15, 0.2) is 24.7 Å². The molecule has 0 fully saturated rings. The first-order valence-electron chi connectivity index (χ1n) is 6.22. The highest BCUT2D eigenvalue weighted by molar-refractivity contribution is 6.30. The minimum Gasteiger partial charge on any atom is -0.480 e. The summed E-state index contributed by atoms with van der Waals surface area (Å²) in [4.78, 5) is 36.1. The third-order valence-electron chi connectivity index (χ3n) is 3.39. The maximum absolute atomic E-state index is 12.5. The number of hydrogen-bond acceptors (Lipinski definition) is 4. The Labute approximate surface area is 124 Å². The monoisotopic (exact) mass is 306 g/mol. The number of H-pyrrole nitrogens is 1. The van der Waals surface area contributed by atoms with Crippen molar-refractivity contribution >= 4 is 23.5 Å². The highest BCUT2D eigenvalue weighted by Crippen LogP contribution is 2.22. The van der Waals surface area contributed by atoms with Gasteiger partial charge in [0.2, 0.25) is 0 Å². The van der Waals surface area contributed by atoms with Gasteiger partial charge in [-0.25, -0.2) is 14.8 Å². The number of pyridine rings is 1. The van der Waals surface area contributed by atoms with Gasteiger partial charge in [-0.05, 0) is 12.1 Å². The summed E-state index contributed by atoms with van der Waals surface area (Å²) in [5, 5.41) is 9.75. The zero-order valence-corrected chi connectivity index (χ0v) is 11.5. The van der Waals surface area contributed by atoms with E-state index in [1.165, 1.54) is 23.5 Å². The average Bonchev–Trinajstić information content (AvgIpc) is 2.93. The van der Waals surface area contributed by atoms with Crippen LogP contribution < -0.4 is 0 Å². The van der Waals surface area contributed by atoms with Crippen molar-refractivity contribution in [3.63, 3.8) is 0 Å². The molecule has 2 N–H and O–H groups in total. The predicted octanol–water partition coefficient (Wildman–Crippen LogP) is 1.11. The van der Waals surface area contributed by atoms with E-state index in [9.17, 15) is 14.7 Å². The van der Waals surface area contributed by atoms with Gasteiger partial charge in [0.05, 0.1) is 29.3 Å². The van der Waals surface area contributed by atoms with E-state index in [-0.39, 0.29) is 18.7 Å². The van der Waals surface area contributed by atoms with Gasteiger partial charge < -0.3 is 15.0 Å². The first-order chi connectivity index (χ1) is 10.1. The second kappa shape index (κ2) is 5.17. The van der Waals surface area contributed by atoms with E-state index in [1.807, 2.05) is 0 Å². The van der Waals surface area contributed by atoms with Crippen molar-refractivity contribution in [3.8, 4) is 0 Å². The molecule has 0 aromatic carbocycles. The van der Waals surface area contributed by atoms with E-state index in [1.54, 1.807) is 6.07 Å². The van der Waals surface area contributed by atoms with Crippen LogP contribution in [0.3, 0.4) is 0 Å². The van der Waals surface area contributed by atoms with Gasteiger partial charge in [0, 0.05) is 12.6 Å². The zero-order chi connectivity index (χ0) is 15.0. The molecule has 2 aromatic heterocycles. The Hall–Kier alpha value is -2.41. The van der Waals surface area contributed by atoms with E-state index in [0.717, 1.165) is 5.69 Å². The molecule has 1 atom stereocenters. The molecular weight excluding hydrogens is 296 g/mol. The maximum atomic E-state index is 12.5. The first-order valence-corrected chi connectivity index (χ1v) is 6.60. The minimum atomic E-state index is -1.06. The third kappa shape index (κ3) is 2.47. The molecule has 7 nitrogen and oxygen atoms in total. The van der Waals surface area contributed by atoms with Crippen LogP contribution in [0.25, 0.3) is 0 Å². The smallest absolute Gasteiger partial charge is 0.326 e. The van der Waals surface area contributed by atoms with Crippen molar-refractivity contribution in [2.45, 2.75) is 19.0 Å². The Morgan fingerprint density at radius 2 is 2.19 bits per heavy atom. The lowest BCUT2D eigenvalue weighted by Gasteiger charge is -2.32. The molecule has 0 spiro atoms. The van der Waals surface area contributed by atoms with Gasteiger partial charge in [-0.2, -0.15) is 0 Å². The molecule has 21 heavy (non-hydrogen) atoms. The van der Waals surface area contributed by atoms with E-state index >= 15 is 0 Å². The highest BCUT2D eigenvalue weighted by atomic mass is 35.5. The molecule has 0 radical (unpaired) electrons. The Kier molecular flexibility index (Phi) is 3.34. The first kappa shape index (κ1) is 13.6. The molecule has 1 aliphatic heterocycles. The second-order valence-electron chi connectivity index (χ2n) is 4.68. The van der Waals surface area contributed by atoms with Crippen LogP contribution >= 0.6 is 11.6 Å². The number of carboxylic acids is 1. The molecule has 1 amide bonds. The van der Waals surface area contributed by atoms with Crippen LogP contribution in [-0.2, 0) is 17.8 Å². The number of amides is 1. The number of aromatic nitrogens is 3.